The van der Waals surface area contributed by atoms with Gasteiger partial charge in [-0.05, 0) is 44.9 Å². The topological polar surface area (TPSA) is 66.9 Å². The predicted molar refractivity (Wildman–Crippen MR) is 102 cm³/mol. The van der Waals surface area contributed by atoms with Crippen molar-refractivity contribution in [2.45, 2.75) is 46.6 Å². The van der Waals surface area contributed by atoms with E-state index in [1.165, 1.54) is 0 Å². The molecular weight excluding hydrogens is 368 g/mol. The smallest absolute Gasteiger partial charge is 0.229 e. The first-order chi connectivity index (χ1) is 11.4. The van der Waals surface area contributed by atoms with Crippen LogP contribution in [0.3, 0.4) is 0 Å². The van der Waals surface area contributed by atoms with E-state index in [9.17, 15) is 4.79 Å². The highest BCUT2D eigenvalue weighted by Gasteiger charge is 2.10. The third-order valence-electron chi connectivity index (χ3n) is 3.90. The van der Waals surface area contributed by atoms with E-state index in [-0.39, 0.29) is 5.78 Å². The van der Waals surface area contributed by atoms with Crippen LogP contribution in [0.25, 0.3) is 0 Å². The number of hydrogen-bond acceptors (Lipinski definition) is 5. The highest BCUT2D eigenvalue weighted by atomic mass is 79.9. The van der Waals surface area contributed by atoms with Crippen molar-refractivity contribution in [3.63, 3.8) is 0 Å². The average Bonchev–Trinajstić information content (AvgIpc) is 2.56. The number of halogens is 1. The summed E-state index contributed by atoms with van der Waals surface area (Å²) in [5, 5.41) is 6.63. The van der Waals surface area contributed by atoms with Gasteiger partial charge in [-0.25, -0.2) is 4.98 Å². The van der Waals surface area contributed by atoms with E-state index in [4.69, 9.17) is 0 Å². The van der Waals surface area contributed by atoms with Gasteiger partial charge in [0.1, 0.15) is 5.82 Å². The molecule has 0 aliphatic heterocycles. The Kier molecular flexibility index (Phi) is 6.31. The minimum absolute atomic E-state index is 0.00596. The molecule has 0 radical (unpaired) electrons. The molecule has 2 rings (SSSR count). The largest absolute Gasteiger partial charge is 0.367 e. The number of rotatable bonds is 7. The van der Waals surface area contributed by atoms with Crippen LogP contribution < -0.4 is 10.6 Å². The second-order valence-electron chi connectivity index (χ2n) is 5.76. The number of aryl methyl sites for hydroxylation is 1. The molecule has 0 unspecified atom stereocenters. The Balaban J connectivity index is 2.24. The molecule has 0 saturated carbocycles. The summed E-state index contributed by atoms with van der Waals surface area (Å²) in [4.78, 5) is 20.6. The molecule has 2 aromatic rings. The van der Waals surface area contributed by atoms with Crippen LogP contribution in [0.15, 0.2) is 28.9 Å². The Labute approximate surface area is 151 Å². The minimum Gasteiger partial charge on any atom is -0.367 e. The molecule has 0 spiro atoms. The summed E-state index contributed by atoms with van der Waals surface area (Å²) in [5.74, 6) is 1.35. The zero-order valence-electron chi connectivity index (χ0n) is 14.5. The van der Waals surface area contributed by atoms with Crippen molar-refractivity contribution in [2.75, 3.05) is 10.6 Å². The van der Waals surface area contributed by atoms with Gasteiger partial charge in [-0.15, -0.1) is 0 Å². The van der Waals surface area contributed by atoms with Gasteiger partial charge in [0.05, 0.1) is 0 Å². The lowest BCUT2D eigenvalue weighted by molar-refractivity contribution is 0.101. The zero-order chi connectivity index (χ0) is 17.7. The fourth-order valence-corrected chi connectivity index (χ4v) is 2.86. The third-order valence-corrected chi connectivity index (χ3v) is 4.59. The summed E-state index contributed by atoms with van der Waals surface area (Å²) in [7, 11) is 0. The van der Waals surface area contributed by atoms with Gasteiger partial charge in [0.2, 0.25) is 5.95 Å². The maximum Gasteiger partial charge on any atom is 0.229 e. The summed E-state index contributed by atoms with van der Waals surface area (Å²) < 4.78 is 0.779. The van der Waals surface area contributed by atoms with Crippen molar-refractivity contribution < 1.29 is 4.79 Å². The van der Waals surface area contributed by atoms with Crippen LogP contribution in [-0.2, 0) is 0 Å². The number of Topliss-reactive ketones (excluding diaryl/α,β-unsaturated/α-hetero) is 1. The van der Waals surface area contributed by atoms with Crippen LogP contribution in [0.2, 0.25) is 0 Å². The number of carbonyl (C=O) groups is 1. The average molecular weight is 391 g/mol. The Morgan fingerprint density at radius 2 is 2.00 bits per heavy atom. The van der Waals surface area contributed by atoms with Gasteiger partial charge < -0.3 is 10.6 Å². The molecule has 0 aliphatic carbocycles. The lowest BCUT2D eigenvalue weighted by atomic mass is 10.1. The number of carbonyl (C=O) groups excluding carboxylic acids is 1. The molecular formula is C18H23BrN4O. The molecule has 24 heavy (non-hydrogen) atoms. The van der Waals surface area contributed by atoms with Gasteiger partial charge >= 0.3 is 0 Å². The Morgan fingerprint density at radius 1 is 1.29 bits per heavy atom. The van der Waals surface area contributed by atoms with Crippen LogP contribution in [0.5, 0.6) is 0 Å². The summed E-state index contributed by atoms with van der Waals surface area (Å²) in [6, 6.07) is 5.91. The SMILES string of the molecule is CCC(CC)Nc1nc(Nc2ccc(Br)c(C(C)=O)c2)ncc1C. The van der Waals surface area contributed by atoms with Crippen molar-refractivity contribution in [1.29, 1.82) is 0 Å². The second-order valence-corrected chi connectivity index (χ2v) is 6.61. The molecule has 1 aromatic carbocycles. The molecule has 0 atom stereocenters. The molecule has 128 valence electrons. The number of aromatic nitrogens is 2. The number of hydrogen-bond donors (Lipinski definition) is 2. The van der Waals surface area contributed by atoms with Gasteiger partial charge in [0.25, 0.3) is 0 Å². The zero-order valence-corrected chi connectivity index (χ0v) is 16.1. The monoisotopic (exact) mass is 390 g/mol. The molecule has 0 bridgehead atoms. The van der Waals surface area contributed by atoms with Crippen LogP contribution in [-0.4, -0.2) is 21.8 Å². The van der Waals surface area contributed by atoms with Crippen molar-refractivity contribution >= 4 is 39.2 Å². The first-order valence-electron chi connectivity index (χ1n) is 8.12. The highest BCUT2D eigenvalue weighted by Crippen LogP contribution is 2.24. The fraction of sp³-hybridized carbons (Fsp3) is 0.389. The lowest BCUT2D eigenvalue weighted by Crippen LogP contribution is -2.19. The van der Waals surface area contributed by atoms with Crippen LogP contribution >= 0.6 is 15.9 Å². The normalized spacial score (nSPS) is 10.8. The maximum atomic E-state index is 11.7. The standard InChI is InChI=1S/C18H23BrN4O/c1-5-13(6-2)21-17-11(3)10-20-18(23-17)22-14-7-8-16(19)15(9-14)12(4)24/h7-10,13H,5-6H2,1-4H3,(H2,20,21,22,23). The first kappa shape index (κ1) is 18.4. The molecule has 1 aromatic heterocycles. The number of nitrogens with one attached hydrogen (secondary N) is 2. The van der Waals surface area contributed by atoms with E-state index < -0.39 is 0 Å². The van der Waals surface area contributed by atoms with E-state index in [1.54, 1.807) is 19.2 Å². The van der Waals surface area contributed by atoms with E-state index in [1.807, 2.05) is 19.1 Å². The molecule has 0 aliphatic rings. The number of nitrogens with zero attached hydrogens (tertiary/aromatic N) is 2. The minimum atomic E-state index is 0.00596. The van der Waals surface area contributed by atoms with Gasteiger partial charge in [-0.1, -0.05) is 29.8 Å². The first-order valence-corrected chi connectivity index (χ1v) is 8.91. The van der Waals surface area contributed by atoms with Crippen LogP contribution in [0.4, 0.5) is 17.5 Å². The molecule has 0 fully saturated rings. The third kappa shape index (κ3) is 4.54. The second kappa shape index (κ2) is 8.24. The molecule has 6 heteroatoms. The quantitative estimate of drug-likeness (QED) is 0.644. The van der Waals surface area contributed by atoms with Crippen molar-refractivity contribution in [3.05, 3.63) is 40.0 Å². The molecule has 0 amide bonds. The molecule has 2 N–H and O–H groups in total. The van der Waals surface area contributed by atoms with E-state index >= 15 is 0 Å². The Hall–Kier alpha value is -1.95. The van der Waals surface area contributed by atoms with Crippen molar-refractivity contribution in [3.8, 4) is 0 Å². The van der Waals surface area contributed by atoms with Crippen LogP contribution in [0.1, 0.15) is 49.5 Å². The molecule has 1 heterocycles. The van der Waals surface area contributed by atoms with E-state index in [0.29, 0.717) is 17.6 Å². The summed E-state index contributed by atoms with van der Waals surface area (Å²) in [6.07, 6.45) is 3.87. The van der Waals surface area contributed by atoms with Crippen molar-refractivity contribution in [1.82, 2.24) is 9.97 Å². The maximum absolute atomic E-state index is 11.7. The fourth-order valence-electron chi connectivity index (χ4n) is 2.34. The van der Waals surface area contributed by atoms with Crippen molar-refractivity contribution in [2.24, 2.45) is 0 Å². The predicted octanol–water partition coefficient (Wildman–Crippen LogP) is 5.09. The Morgan fingerprint density at radius 3 is 2.62 bits per heavy atom. The van der Waals surface area contributed by atoms with Gasteiger partial charge in [0, 0.05) is 33.5 Å². The molecule has 0 saturated heterocycles. The van der Waals surface area contributed by atoms with Crippen LogP contribution in [0, 0.1) is 6.92 Å². The number of anilines is 3. The summed E-state index contributed by atoms with van der Waals surface area (Å²) in [6.45, 7) is 7.84. The number of benzene rings is 1. The van der Waals surface area contributed by atoms with E-state index in [0.717, 1.165) is 34.4 Å². The van der Waals surface area contributed by atoms with E-state index in [2.05, 4.69) is 50.4 Å². The summed E-state index contributed by atoms with van der Waals surface area (Å²) in [5.41, 5.74) is 2.41. The summed E-state index contributed by atoms with van der Waals surface area (Å²) >= 11 is 3.39. The van der Waals surface area contributed by atoms with Gasteiger partial charge in [-0.3, -0.25) is 4.79 Å². The highest BCUT2D eigenvalue weighted by molar-refractivity contribution is 9.10. The van der Waals surface area contributed by atoms with Gasteiger partial charge in [-0.2, -0.15) is 4.98 Å². The lowest BCUT2D eigenvalue weighted by Gasteiger charge is -2.17. The van der Waals surface area contributed by atoms with Gasteiger partial charge in [0.15, 0.2) is 5.78 Å². The molecule has 5 nitrogen and oxygen atoms in total. The number of ketones is 1. The Bertz CT molecular complexity index is 729.